The average molecular weight is 226 g/mol. The molecule has 1 rings (SSSR count). The fourth-order valence-electron chi connectivity index (χ4n) is 1.12. The van der Waals surface area contributed by atoms with Crippen molar-refractivity contribution < 1.29 is 14.7 Å². The molecule has 1 aromatic rings. The van der Waals surface area contributed by atoms with Crippen molar-refractivity contribution in [2.45, 2.75) is 13.3 Å². The molecule has 0 spiro atoms. The summed E-state index contributed by atoms with van der Waals surface area (Å²) in [6.07, 6.45) is 3.45. The van der Waals surface area contributed by atoms with Gasteiger partial charge in [0.1, 0.15) is 0 Å². The number of nitrogens with zero attached hydrogens (tertiary/aromatic N) is 1. The van der Waals surface area contributed by atoms with Gasteiger partial charge in [0.2, 0.25) is 0 Å². The number of carboxylic acids is 1. The van der Waals surface area contributed by atoms with E-state index in [1.54, 1.807) is 6.92 Å². The summed E-state index contributed by atoms with van der Waals surface area (Å²) in [5.74, 6) is -1.47. The van der Waals surface area contributed by atoms with Gasteiger partial charge in [0.15, 0.2) is 0 Å². The van der Waals surface area contributed by atoms with E-state index in [4.69, 9.17) is 5.11 Å². The first-order chi connectivity index (χ1) is 7.63. The van der Waals surface area contributed by atoms with E-state index in [2.05, 4.69) is 20.8 Å². The molecule has 0 saturated carbocycles. The van der Waals surface area contributed by atoms with Gasteiger partial charge in [-0.15, -0.1) is 0 Å². The maximum Gasteiger partial charge on any atom is 0.319 e. The number of aliphatic carboxylic acids is 1. The largest absolute Gasteiger partial charge is 0.481 e. The van der Waals surface area contributed by atoms with E-state index in [9.17, 15) is 9.59 Å². The third-order valence-corrected chi connectivity index (χ3v) is 2.11. The van der Waals surface area contributed by atoms with Crippen molar-refractivity contribution in [2.24, 2.45) is 5.92 Å². The molecule has 88 valence electrons. The number of H-pyrrole nitrogens is 1. The normalized spacial score (nSPS) is 11.8. The first kappa shape index (κ1) is 12.0. The summed E-state index contributed by atoms with van der Waals surface area (Å²) in [5, 5.41) is 19.9. The van der Waals surface area contributed by atoms with Crippen molar-refractivity contribution in [1.82, 2.24) is 15.5 Å². The quantitative estimate of drug-likeness (QED) is 0.591. The number of urea groups is 1. The Morgan fingerprint density at radius 2 is 2.38 bits per heavy atom. The lowest BCUT2D eigenvalue weighted by Gasteiger charge is -2.11. The smallest absolute Gasteiger partial charge is 0.319 e. The number of aromatic nitrogens is 2. The number of carbonyl (C=O) groups excluding carboxylic acids is 1. The van der Waals surface area contributed by atoms with Gasteiger partial charge in [-0.1, -0.05) is 6.92 Å². The molecule has 0 saturated heterocycles. The summed E-state index contributed by atoms with van der Waals surface area (Å²) in [7, 11) is 0. The second-order valence-electron chi connectivity index (χ2n) is 3.27. The Hall–Kier alpha value is -2.05. The van der Waals surface area contributed by atoms with Crippen LogP contribution >= 0.6 is 0 Å². The van der Waals surface area contributed by atoms with Crippen LogP contribution in [0, 0.1) is 5.92 Å². The van der Waals surface area contributed by atoms with Crippen LogP contribution in [0.3, 0.4) is 0 Å². The Morgan fingerprint density at radius 3 is 2.88 bits per heavy atom. The molecule has 2 amide bonds. The maximum absolute atomic E-state index is 11.3. The maximum atomic E-state index is 11.3. The van der Waals surface area contributed by atoms with Crippen molar-refractivity contribution >= 4 is 17.7 Å². The summed E-state index contributed by atoms with van der Waals surface area (Å²) < 4.78 is 0. The summed E-state index contributed by atoms with van der Waals surface area (Å²) in [6.45, 7) is 1.87. The van der Waals surface area contributed by atoms with Crippen molar-refractivity contribution in [3.8, 4) is 0 Å². The number of rotatable bonds is 5. The van der Waals surface area contributed by atoms with E-state index in [0.717, 1.165) is 0 Å². The fourth-order valence-corrected chi connectivity index (χ4v) is 1.12. The van der Waals surface area contributed by atoms with Crippen molar-refractivity contribution in [3.05, 3.63) is 12.4 Å². The van der Waals surface area contributed by atoms with Crippen LogP contribution in [-0.4, -0.2) is 33.8 Å². The van der Waals surface area contributed by atoms with Crippen molar-refractivity contribution in [3.63, 3.8) is 0 Å². The molecule has 0 aliphatic carbocycles. The Labute approximate surface area is 92.2 Å². The van der Waals surface area contributed by atoms with Gasteiger partial charge in [-0.25, -0.2) is 4.79 Å². The minimum Gasteiger partial charge on any atom is -0.481 e. The molecular weight excluding hydrogens is 212 g/mol. The number of carbonyl (C=O) groups is 2. The van der Waals surface area contributed by atoms with Crippen LogP contribution in [0.15, 0.2) is 12.4 Å². The second kappa shape index (κ2) is 5.74. The molecule has 7 nitrogen and oxygen atoms in total. The number of hydrogen-bond acceptors (Lipinski definition) is 3. The van der Waals surface area contributed by atoms with E-state index in [-0.39, 0.29) is 6.54 Å². The fraction of sp³-hybridized carbons (Fsp3) is 0.444. The van der Waals surface area contributed by atoms with E-state index < -0.39 is 17.9 Å². The summed E-state index contributed by atoms with van der Waals surface area (Å²) in [5.41, 5.74) is 0.529. The minimum atomic E-state index is -0.911. The molecule has 1 aromatic heterocycles. The summed E-state index contributed by atoms with van der Waals surface area (Å²) >= 11 is 0. The lowest BCUT2D eigenvalue weighted by molar-refractivity contribution is -0.141. The number of aromatic amines is 1. The molecule has 0 aromatic carbocycles. The van der Waals surface area contributed by atoms with E-state index in [0.29, 0.717) is 12.1 Å². The zero-order chi connectivity index (χ0) is 12.0. The van der Waals surface area contributed by atoms with Gasteiger partial charge >= 0.3 is 12.0 Å². The predicted molar refractivity (Wildman–Crippen MR) is 57.0 cm³/mol. The van der Waals surface area contributed by atoms with E-state index in [1.165, 1.54) is 12.4 Å². The standard InChI is InChI=1S/C9H14N4O3/c1-2-6(8(14)15)3-10-9(16)13-7-4-11-12-5-7/h4-6H,2-3H2,1H3,(H,11,12)(H,14,15)(H2,10,13,16). The number of anilines is 1. The highest BCUT2D eigenvalue weighted by molar-refractivity contribution is 5.89. The molecule has 4 N–H and O–H groups in total. The van der Waals surface area contributed by atoms with E-state index in [1.807, 2.05) is 0 Å². The Balaban J connectivity index is 2.32. The zero-order valence-corrected chi connectivity index (χ0v) is 8.86. The van der Waals surface area contributed by atoms with Crippen LogP contribution in [0.5, 0.6) is 0 Å². The molecule has 16 heavy (non-hydrogen) atoms. The highest BCUT2D eigenvalue weighted by atomic mass is 16.4. The van der Waals surface area contributed by atoms with Crippen molar-refractivity contribution in [1.29, 1.82) is 0 Å². The minimum absolute atomic E-state index is 0.107. The van der Waals surface area contributed by atoms with Crippen LogP contribution in [0.2, 0.25) is 0 Å². The molecule has 7 heteroatoms. The molecule has 0 fully saturated rings. The lowest BCUT2D eigenvalue weighted by Crippen LogP contribution is -2.35. The average Bonchev–Trinajstić information content (AvgIpc) is 2.70. The number of carboxylic acid groups (broad SMARTS) is 1. The lowest BCUT2D eigenvalue weighted by atomic mass is 10.1. The van der Waals surface area contributed by atoms with Crippen LogP contribution in [-0.2, 0) is 4.79 Å². The highest BCUT2D eigenvalue weighted by Crippen LogP contribution is 2.02. The zero-order valence-electron chi connectivity index (χ0n) is 8.86. The molecule has 1 atom stereocenters. The summed E-state index contributed by atoms with van der Waals surface area (Å²) in [4.78, 5) is 22.0. The highest BCUT2D eigenvalue weighted by Gasteiger charge is 2.15. The number of hydrogen-bond donors (Lipinski definition) is 4. The molecule has 1 heterocycles. The third kappa shape index (κ3) is 3.60. The third-order valence-electron chi connectivity index (χ3n) is 2.11. The first-order valence-electron chi connectivity index (χ1n) is 4.90. The van der Waals surface area contributed by atoms with Crippen LogP contribution < -0.4 is 10.6 Å². The monoisotopic (exact) mass is 226 g/mol. The Morgan fingerprint density at radius 1 is 1.62 bits per heavy atom. The Kier molecular flexibility index (Phi) is 4.31. The molecule has 0 aliphatic rings. The molecule has 0 aliphatic heterocycles. The van der Waals surface area contributed by atoms with Gasteiger partial charge in [-0.3, -0.25) is 9.89 Å². The van der Waals surface area contributed by atoms with Crippen molar-refractivity contribution in [2.75, 3.05) is 11.9 Å². The predicted octanol–water partition coefficient (Wildman–Crippen LogP) is 0.642. The van der Waals surface area contributed by atoms with Gasteiger partial charge in [-0.05, 0) is 6.42 Å². The van der Waals surface area contributed by atoms with Gasteiger partial charge in [-0.2, -0.15) is 5.10 Å². The first-order valence-corrected chi connectivity index (χ1v) is 4.90. The van der Waals surface area contributed by atoms with Gasteiger partial charge in [0.05, 0.1) is 17.8 Å². The molecule has 1 unspecified atom stereocenters. The van der Waals surface area contributed by atoms with Crippen LogP contribution in [0.25, 0.3) is 0 Å². The van der Waals surface area contributed by atoms with Gasteiger partial charge in [0, 0.05) is 12.7 Å². The van der Waals surface area contributed by atoms with Crippen LogP contribution in [0.4, 0.5) is 10.5 Å². The van der Waals surface area contributed by atoms with Crippen LogP contribution in [0.1, 0.15) is 13.3 Å². The van der Waals surface area contributed by atoms with E-state index >= 15 is 0 Å². The SMILES string of the molecule is CCC(CNC(=O)Nc1cn[nH]c1)C(=O)O. The Bertz CT molecular complexity index is 350. The topological polar surface area (TPSA) is 107 Å². The number of amides is 2. The number of nitrogens with one attached hydrogen (secondary N) is 3. The van der Waals surface area contributed by atoms with Gasteiger partial charge in [0.25, 0.3) is 0 Å². The van der Waals surface area contributed by atoms with Gasteiger partial charge < -0.3 is 15.7 Å². The second-order valence-corrected chi connectivity index (χ2v) is 3.27. The molecular formula is C9H14N4O3. The molecule has 0 radical (unpaired) electrons. The summed E-state index contributed by atoms with van der Waals surface area (Å²) in [6, 6.07) is -0.443. The molecule has 0 bridgehead atoms.